The van der Waals surface area contributed by atoms with Crippen LogP contribution in [0.2, 0.25) is 0 Å². The molecule has 1 heterocycles. The van der Waals surface area contributed by atoms with E-state index < -0.39 is 0 Å². The highest BCUT2D eigenvalue weighted by Crippen LogP contribution is 2.48. The van der Waals surface area contributed by atoms with Gasteiger partial charge in [0.2, 0.25) is 11.5 Å². The summed E-state index contributed by atoms with van der Waals surface area (Å²) < 4.78 is 22.8. The van der Waals surface area contributed by atoms with E-state index >= 15 is 0 Å². The van der Waals surface area contributed by atoms with Gasteiger partial charge in [0.05, 0.1) is 26.9 Å². The number of rotatable bonds is 9. The Hall–Kier alpha value is -2.39. The van der Waals surface area contributed by atoms with Crippen molar-refractivity contribution in [2.24, 2.45) is 5.73 Å². The molecule has 0 spiro atoms. The zero-order valence-corrected chi connectivity index (χ0v) is 22.6. The summed E-state index contributed by atoms with van der Waals surface area (Å²) in [4.78, 5) is 15.6. The fourth-order valence-corrected chi connectivity index (χ4v) is 4.13. The van der Waals surface area contributed by atoms with E-state index in [4.69, 9.17) is 24.7 Å². The van der Waals surface area contributed by atoms with Crippen molar-refractivity contribution in [3.8, 4) is 28.7 Å². The molecule has 196 valence electrons. The number of nitrogens with zero attached hydrogens (tertiary/aromatic N) is 1. The van der Waals surface area contributed by atoms with Gasteiger partial charge in [0.15, 0.2) is 11.5 Å². The van der Waals surface area contributed by atoms with Gasteiger partial charge >= 0.3 is 0 Å². The highest BCUT2D eigenvalue weighted by atomic mass is 35.5. The highest BCUT2D eigenvalue weighted by molar-refractivity contribution is 5.99. The van der Waals surface area contributed by atoms with Crippen LogP contribution in [0.3, 0.4) is 0 Å². The molecule has 3 N–H and O–H groups in total. The zero-order valence-electron chi connectivity index (χ0n) is 21.0. The first kappa shape index (κ1) is 30.6. The van der Waals surface area contributed by atoms with Gasteiger partial charge in [-0.25, -0.2) is 0 Å². The third-order valence-electron chi connectivity index (χ3n) is 6.14. The van der Waals surface area contributed by atoms with Crippen molar-refractivity contribution in [1.29, 1.82) is 0 Å². The second-order valence-electron chi connectivity index (χ2n) is 8.33. The van der Waals surface area contributed by atoms with Crippen LogP contribution in [-0.4, -0.2) is 64.4 Å². The van der Waals surface area contributed by atoms with E-state index in [1.54, 1.807) is 6.07 Å². The second kappa shape index (κ2) is 14.2. The number of nitrogens with two attached hydrogens (primary N) is 1. The Morgan fingerprint density at radius 3 is 2.23 bits per heavy atom. The summed E-state index contributed by atoms with van der Waals surface area (Å²) in [6.45, 7) is 3.68. The molecule has 2 aromatic rings. The Kier molecular flexibility index (Phi) is 12.5. The van der Waals surface area contributed by atoms with Gasteiger partial charge in [-0.2, -0.15) is 0 Å². The number of piperidine rings is 1. The second-order valence-corrected chi connectivity index (χ2v) is 8.33. The number of carbonyl (C=O) groups is 1. The molecule has 10 heteroatoms. The number of carbonyl (C=O) groups excluding carboxylic acids is 1. The van der Waals surface area contributed by atoms with Gasteiger partial charge in [-0.15, -0.1) is 24.8 Å². The summed E-state index contributed by atoms with van der Waals surface area (Å²) in [5.74, 6) is 1.69. The molecule has 1 fully saturated rings. The Balaban J connectivity index is 0.00000306. The van der Waals surface area contributed by atoms with Crippen LogP contribution in [-0.2, 0) is 6.42 Å². The Morgan fingerprint density at radius 1 is 1.06 bits per heavy atom. The first-order chi connectivity index (χ1) is 15.9. The van der Waals surface area contributed by atoms with Gasteiger partial charge in [-0.05, 0) is 57.5 Å². The van der Waals surface area contributed by atoms with E-state index in [1.807, 2.05) is 24.3 Å². The molecule has 0 radical (unpaired) electrons. The average molecular weight is 530 g/mol. The van der Waals surface area contributed by atoms with Gasteiger partial charge in [0.1, 0.15) is 5.75 Å². The first-order valence-corrected chi connectivity index (χ1v) is 11.2. The van der Waals surface area contributed by atoms with Crippen LogP contribution >= 0.6 is 24.8 Å². The normalized spacial score (nSPS) is 17.4. The number of ether oxygens (including phenoxy) is 4. The van der Waals surface area contributed by atoms with E-state index in [-0.39, 0.29) is 36.8 Å². The molecule has 0 aromatic heterocycles. The zero-order chi connectivity index (χ0) is 24.0. The summed E-state index contributed by atoms with van der Waals surface area (Å²) in [6, 6.07) is 9.77. The fraction of sp³-hybridized carbons (Fsp3) is 0.480. The Labute approximate surface area is 220 Å². The van der Waals surface area contributed by atoms with Gasteiger partial charge < -0.3 is 34.9 Å². The molecule has 1 aliphatic heterocycles. The average Bonchev–Trinajstić information content (AvgIpc) is 2.81. The smallest absolute Gasteiger partial charge is 0.255 e. The summed E-state index contributed by atoms with van der Waals surface area (Å²) in [6.07, 6.45) is 2.57. The van der Waals surface area contributed by atoms with Gasteiger partial charge in [-0.3, -0.25) is 4.79 Å². The van der Waals surface area contributed by atoms with Crippen LogP contribution in [0.4, 0.5) is 0 Å². The van der Waals surface area contributed by atoms with Crippen molar-refractivity contribution >= 4 is 30.7 Å². The number of amides is 1. The van der Waals surface area contributed by atoms with E-state index in [0.717, 1.165) is 31.4 Å². The molecule has 35 heavy (non-hydrogen) atoms. The number of benzene rings is 2. The molecule has 2 atom stereocenters. The van der Waals surface area contributed by atoms with Crippen molar-refractivity contribution in [3.05, 3.63) is 41.5 Å². The molecular formula is C25H37Cl2N3O5. The number of methoxy groups -OCH3 is 3. The fourth-order valence-electron chi connectivity index (χ4n) is 4.13. The van der Waals surface area contributed by atoms with E-state index in [2.05, 4.69) is 24.2 Å². The van der Waals surface area contributed by atoms with Crippen LogP contribution in [0.1, 0.15) is 35.7 Å². The maximum absolute atomic E-state index is 13.3. The SMILES string of the molecule is COc1c(Oc2ccc(CCN)cc2)cc(C(=O)N[C@H]2CCN(C)[C@H](C)C2)c(OC)c1OC.Cl.Cl. The third-order valence-corrected chi connectivity index (χ3v) is 6.14. The maximum atomic E-state index is 13.3. The molecule has 1 amide bonds. The minimum absolute atomic E-state index is 0. The summed E-state index contributed by atoms with van der Waals surface area (Å²) in [5, 5.41) is 3.15. The lowest BCUT2D eigenvalue weighted by Crippen LogP contribution is -2.47. The van der Waals surface area contributed by atoms with Crippen LogP contribution in [0.15, 0.2) is 30.3 Å². The van der Waals surface area contributed by atoms with Crippen LogP contribution in [0.5, 0.6) is 28.7 Å². The Bertz CT molecular complexity index is 959. The first-order valence-electron chi connectivity index (χ1n) is 11.2. The molecule has 0 bridgehead atoms. The minimum atomic E-state index is -0.238. The van der Waals surface area contributed by atoms with E-state index in [1.165, 1.54) is 21.3 Å². The molecule has 0 unspecified atom stereocenters. The maximum Gasteiger partial charge on any atom is 0.255 e. The molecule has 1 saturated heterocycles. The molecule has 1 aliphatic rings. The van der Waals surface area contributed by atoms with Gasteiger partial charge in [-0.1, -0.05) is 12.1 Å². The summed E-state index contributed by atoms with van der Waals surface area (Å²) in [7, 11) is 6.63. The van der Waals surface area contributed by atoms with Crippen molar-refractivity contribution in [1.82, 2.24) is 10.2 Å². The van der Waals surface area contributed by atoms with Crippen molar-refractivity contribution in [2.45, 2.75) is 38.3 Å². The van der Waals surface area contributed by atoms with Crippen molar-refractivity contribution in [3.63, 3.8) is 0 Å². The number of hydrogen-bond acceptors (Lipinski definition) is 7. The lowest BCUT2D eigenvalue weighted by Gasteiger charge is -2.35. The molecular weight excluding hydrogens is 493 g/mol. The monoisotopic (exact) mass is 529 g/mol. The Morgan fingerprint density at radius 2 is 1.69 bits per heavy atom. The topological polar surface area (TPSA) is 95.3 Å². The van der Waals surface area contributed by atoms with E-state index in [0.29, 0.717) is 46.9 Å². The largest absolute Gasteiger partial charge is 0.492 e. The van der Waals surface area contributed by atoms with Crippen LogP contribution in [0.25, 0.3) is 0 Å². The van der Waals surface area contributed by atoms with Crippen LogP contribution in [0, 0.1) is 0 Å². The number of halogens is 2. The predicted octanol–water partition coefficient (Wildman–Crippen LogP) is 4.06. The minimum Gasteiger partial charge on any atom is -0.492 e. The lowest BCUT2D eigenvalue weighted by molar-refractivity contribution is 0.0892. The molecule has 2 aromatic carbocycles. The summed E-state index contributed by atoms with van der Waals surface area (Å²) in [5.41, 5.74) is 7.08. The van der Waals surface area contributed by atoms with E-state index in [9.17, 15) is 4.79 Å². The van der Waals surface area contributed by atoms with Gasteiger partial charge in [0, 0.05) is 24.7 Å². The van der Waals surface area contributed by atoms with Crippen LogP contribution < -0.4 is 30.0 Å². The number of likely N-dealkylation sites (tertiary alicyclic amines) is 1. The molecule has 0 aliphatic carbocycles. The predicted molar refractivity (Wildman–Crippen MR) is 142 cm³/mol. The van der Waals surface area contributed by atoms with Crippen molar-refractivity contribution < 1.29 is 23.7 Å². The third kappa shape index (κ3) is 7.30. The molecule has 3 rings (SSSR count). The highest BCUT2D eigenvalue weighted by Gasteiger charge is 2.29. The standard InChI is InChI=1S/C25H35N3O5.2ClH/c1-16-14-18(11-13-28(16)2)27-25(29)20-15-21(23(31-4)24(32-5)22(20)30-3)33-19-8-6-17(7-9-19)10-12-26;;/h6-9,15-16,18H,10-14,26H2,1-5H3,(H,27,29);2*1H/t16-,18+;;/m1../s1. The molecule has 0 saturated carbocycles. The number of nitrogens with one attached hydrogen (secondary N) is 1. The quantitative estimate of drug-likeness (QED) is 0.505. The van der Waals surface area contributed by atoms with Gasteiger partial charge in [0.25, 0.3) is 5.91 Å². The molecule has 8 nitrogen and oxygen atoms in total. The summed E-state index contributed by atoms with van der Waals surface area (Å²) >= 11 is 0. The van der Waals surface area contributed by atoms with Crippen molar-refractivity contribution in [2.75, 3.05) is 41.5 Å². The number of hydrogen-bond donors (Lipinski definition) is 2. The lowest BCUT2D eigenvalue weighted by atomic mass is 9.98.